The molecule has 0 radical (unpaired) electrons. The van der Waals surface area contributed by atoms with Crippen molar-refractivity contribution in [2.75, 3.05) is 13.2 Å². The molecule has 0 saturated carbocycles. The molecule has 1 N–H and O–H groups in total. The molecule has 0 spiro atoms. The van der Waals surface area contributed by atoms with E-state index in [4.69, 9.17) is 9.15 Å². The maximum Gasteiger partial charge on any atom is 0.341 e. The van der Waals surface area contributed by atoms with Crippen LogP contribution in [0.15, 0.2) is 16.7 Å². The maximum absolute atomic E-state index is 11.4. The summed E-state index contributed by atoms with van der Waals surface area (Å²) in [6, 6.07) is 1.30. The van der Waals surface area contributed by atoms with Crippen molar-refractivity contribution >= 4 is 5.97 Å². The molecule has 16 heavy (non-hydrogen) atoms. The smallest absolute Gasteiger partial charge is 0.341 e. The molecule has 1 rings (SSSR count). The van der Waals surface area contributed by atoms with E-state index in [1.54, 1.807) is 6.92 Å². The lowest BCUT2D eigenvalue weighted by atomic mass is 10.2. The summed E-state index contributed by atoms with van der Waals surface area (Å²) < 4.78 is 9.54. The first kappa shape index (κ1) is 12.2. The Morgan fingerprint density at radius 3 is 3.00 bits per heavy atom. The Bertz CT molecular complexity index is 385. The van der Waals surface area contributed by atoms with Gasteiger partial charge in [0.15, 0.2) is 11.9 Å². The quantitative estimate of drug-likeness (QED) is 0.454. The molecular formula is C9H11NO6. The van der Waals surface area contributed by atoms with Crippen LogP contribution in [0.4, 0.5) is 0 Å². The monoisotopic (exact) mass is 229 g/mol. The fraction of sp³-hybridized carbons (Fsp3) is 0.444. The first-order valence-corrected chi connectivity index (χ1v) is 4.60. The summed E-state index contributed by atoms with van der Waals surface area (Å²) in [5, 5.41) is 19.6. The van der Waals surface area contributed by atoms with Crippen molar-refractivity contribution in [2.24, 2.45) is 0 Å². The van der Waals surface area contributed by atoms with Gasteiger partial charge in [0.1, 0.15) is 5.56 Å². The molecule has 0 aliphatic heterocycles. The van der Waals surface area contributed by atoms with E-state index in [2.05, 4.69) is 0 Å². The van der Waals surface area contributed by atoms with Crippen molar-refractivity contribution in [2.45, 2.75) is 13.0 Å². The third kappa shape index (κ3) is 2.80. The molecule has 0 amide bonds. The number of furan rings is 1. The molecule has 1 aromatic heterocycles. The highest BCUT2D eigenvalue weighted by atomic mass is 16.6. The minimum absolute atomic E-state index is 0.0104. The van der Waals surface area contributed by atoms with Crippen LogP contribution in [-0.4, -0.2) is 29.2 Å². The van der Waals surface area contributed by atoms with E-state index >= 15 is 0 Å². The van der Waals surface area contributed by atoms with Crippen LogP contribution < -0.4 is 0 Å². The van der Waals surface area contributed by atoms with Crippen molar-refractivity contribution in [3.8, 4) is 0 Å². The maximum atomic E-state index is 11.4. The van der Waals surface area contributed by atoms with Gasteiger partial charge in [0.05, 0.1) is 12.9 Å². The van der Waals surface area contributed by atoms with Gasteiger partial charge in [-0.2, -0.15) is 0 Å². The number of esters is 1. The van der Waals surface area contributed by atoms with Gasteiger partial charge < -0.3 is 14.3 Å². The first-order valence-electron chi connectivity index (χ1n) is 4.60. The number of nitrogens with zero attached hydrogens (tertiary/aromatic N) is 1. The lowest BCUT2D eigenvalue weighted by molar-refractivity contribution is -0.492. The van der Waals surface area contributed by atoms with Gasteiger partial charge in [-0.25, -0.2) is 4.79 Å². The third-order valence-electron chi connectivity index (χ3n) is 1.82. The van der Waals surface area contributed by atoms with Crippen LogP contribution in [-0.2, 0) is 4.74 Å². The number of hydrogen-bond donors (Lipinski definition) is 1. The van der Waals surface area contributed by atoms with Crippen LogP contribution in [0.2, 0.25) is 0 Å². The lowest BCUT2D eigenvalue weighted by Crippen LogP contribution is -2.15. The predicted octanol–water partition coefficient (Wildman–Crippen LogP) is 0.766. The van der Waals surface area contributed by atoms with Crippen LogP contribution in [0.3, 0.4) is 0 Å². The Morgan fingerprint density at radius 2 is 2.44 bits per heavy atom. The molecule has 7 heteroatoms. The van der Waals surface area contributed by atoms with Crippen LogP contribution in [0.25, 0.3) is 0 Å². The summed E-state index contributed by atoms with van der Waals surface area (Å²) in [6.45, 7) is 1.08. The number of aliphatic hydroxyl groups excluding tert-OH is 1. The van der Waals surface area contributed by atoms with Crippen molar-refractivity contribution in [3.63, 3.8) is 0 Å². The summed E-state index contributed by atoms with van der Waals surface area (Å²) in [7, 11) is 0. The van der Waals surface area contributed by atoms with Gasteiger partial charge in [-0.15, -0.1) is 0 Å². The van der Waals surface area contributed by atoms with Crippen molar-refractivity contribution in [1.29, 1.82) is 0 Å². The van der Waals surface area contributed by atoms with Crippen molar-refractivity contribution in [3.05, 3.63) is 33.8 Å². The highest BCUT2D eigenvalue weighted by Crippen LogP contribution is 2.20. The normalized spacial score (nSPS) is 12.1. The Labute approximate surface area is 90.8 Å². The average molecular weight is 229 g/mol. The van der Waals surface area contributed by atoms with Gasteiger partial charge in [0.2, 0.25) is 6.54 Å². The van der Waals surface area contributed by atoms with Crippen LogP contribution in [0.5, 0.6) is 0 Å². The number of carbonyl (C=O) groups is 1. The van der Waals surface area contributed by atoms with E-state index < -0.39 is 23.5 Å². The molecule has 0 aliphatic carbocycles. The predicted molar refractivity (Wildman–Crippen MR) is 51.5 cm³/mol. The van der Waals surface area contributed by atoms with Gasteiger partial charge in [-0.05, 0) is 13.0 Å². The zero-order chi connectivity index (χ0) is 12.1. The minimum Gasteiger partial charge on any atom is -0.465 e. The van der Waals surface area contributed by atoms with Crippen LogP contribution in [0.1, 0.15) is 29.1 Å². The van der Waals surface area contributed by atoms with E-state index in [9.17, 15) is 20.0 Å². The molecule has 1 atom stereocenters. The zero-order valence-electron chi connectivity index (χ0n) is 8.58. The van der Waals surface area contributed by atoms with E-state index in [0.29, 0.717) is 0 Å². The topological polar surface area (TPSA) is 103 Å². The van der Waals surface area contributed by atoms with Gasteiger partial charge in [0.25, 0.3) is 0 Å². The molecule has 0 aliphatic rings. The molecule has 0 aromatic carbocycles. The van der Waals surface area contributed by atoms with Crippen LogP contribution >= 0.6 is 0 Å². The summed E-state index contributed by atoms with van der Waals surface area (Å²) in [5.74, 6) is -0.816. The van der Waals surface area contributed by atoms with Gasteiger partial charge in [0, 0.05) is 4.92 Å². The molecule has 88 valence electrons. The van der Waals surface area contributed by atoms with E-state index in [0.717, 1.165) is 0 Å². The fourth-order valence-corrected chi connectivity index (χ4v) is 1.18. The number of ether oxygens (including phenoxy) is 1. The van der Waals surface area contributed by atoms with Gasteiger partial charge in [-0.1, -0.05) is 0 Å². The molecule has 0 bridgehead atoms. The molecule has 1 aromatic rings. The molecule has 0 saturated heterocycles. The minimum atomic E-state index is -1.45. The SMILES string of the molecule is CCOC(=O)c1ccoc1C(O)C[N+](=O)[O-]. The van der Waals surface area contributed by atoms with Crippen molar-refractivity contribution in [1.82, 2.24) is 0 Å². The highest BCUT2D eigenvalue weighted by Gasteiger charge is 2.25. The Hall–Kier alpha value is -1.89. The number of rotatable bonds is 5. The fourth-order valence-electron chi connectivity index (χ4n) is 1.18. The molecule has 1 heterocycles. The summed E-state index contributed by atoms with van der Waals surface area (Å²) in [4.78, 5) is 20.9. The average Bonchev–Trinajstić information content (AvgIpc) is 2.65. The number of carbonyl (C=O) groups excluding carboxylic acids is 1. The van der Waals surface area contributed by atoms with Crippen molar-refractivity contribution < 1.29 is 24.0 Å². The summed E-state index contributed by atoms with van der Waals surface area (Å²) in [5.41, 5.74) is 0.0104. The van der Waals surface area contributed by atoms with E-state index in [-0.39, 0.29) is 17.9 Å². The molecule has 0 fully saturated rings. The lowest BCUT2D eigenvalue weighted by Gasteiger charge is -2.05. The second-order valence-electron chi connectivity index (χ2n) is 2.95. The van der Waals surface area contributed by atoms with E-state index in [1.807, 2.05) is 0 Å². The molecule has 1 unspecified atom stereocenters. The Balaban J connectivity index is 2.84. The summed E-state index contributed by atoms with van der Waals surface area (Å²) in [6.07, 6.45) is -0.283. The van der Waals surface area contributed by atoms with E-state index in [1.165, 1.54) is 12.3 Å². The Morgan fingerprint density at radius 1 is 1.75 bits per heavy atom. The highest BCUT2D eigenvalue weighted by molar-refractivity contribution is 5.90. The van der Waals surface area contributed by atoms with Gasteiger partial charge >= 0.3 is 5.97 Å². The third-order valence-corrected chi connectivity index (χ3v) is 1.82. The number of aliphatic hydroxyl groups is 1. The van der Waals surface area contributed by atoms with Gasteiger partial charge in [-0.3, -0.25) is 10.1 Å². The molecule has 7 nitrogen and oxygen atoms in total. The first-order chi connectivity index (χ1) is 7.56. The Kier molecular flexibility index (Phi) is 4.01. The summed E-state index contributed by atoms with van der Waals surface area (Å²) >= 11 is 0. The second-order valence-corrected chi connectivity index (χ2v) is 2.95. The number of nitro groups is 1. The zero-order valence-corrected chi connectivity index (χ0v) is 8.58. The van der Waals surface area contributed by atoms with Crippen LogP contribution in [0, 0.1) is 10.1 Å². The number of hydrogen-bond acceptors (Lipinski definition) is 6. The largest absolute Gasteiger partial charge is 0.465 e. The standard InChI is InChI=1S/C9H11NO6/c1-2-15-9(12)6-3-4-16-8(6)7(11)5-10(13)14/h3-4,7,11H,2,5H2,1H3. The molecular weight excluding hydrogens is 218 g/mol. The second kappa shape index (κ2) is 5.26.